The first-order valence-corrected chi connectivity index (χ1v) is 11.2. The van der Waals surface area contributed by atoms with E-state index in [0.717, 1.165) is 27.9 Å². The SMILES string of the molecule is Cc1ccc(CON2C(=O)c3ccccc3C2=O)cc1C[C@@H](CC(=O)OC(C)(C)C)NBC=O. The van der Waals surface area contributed by atoms with Crippen LogP contribution in [0.25, 0.3) is 0 Å². The molecule has 8 nitrogen and oxygen atoms in total. The number of nitrogens with zero attached hydrogens (tertiary/aromatic N) is 1. The van der Waals surface area contributed by atoms with Gasteiger partial charge in [-0.2, -0.15) is 0 Å². The molecule has 0 bridgehead atoms. The van der Waals surface area contributed by atoms with Crippen molar-refractivity contribution in [1.29, 1.82) is 0 Å². The van der Waals surface area contributed by atoms with Gasteiger partial charge in [0.05, 0.1) is 23.7 Å². The second-order valence-corrected chi connectivity index (χ2v) is 9.25. The number of benzene rings is 2. The van der Waals surface area contributed by atoms with Gasteiger partial charge >= 0.3 is 5.97 Å². The molecule has 34 heavy (non-hydrogen) atoms. The highest BCUT2D eigenvalue weighted by Crippen LogP contribution is 2.24. The number of hydroxylamine groups is 2. The van der Waals surface area contributed by atoms with E-state index in [4.69, 9.17) is 9.57 Å². The number of aryl methyl sites for hydroxylation is 1. The number of ether oxygens (including phenoxy) is 1. The van der Waals surface area contributed by atoms with E-state index in [0.29, 0.717) is 17.5 Å². The van der Waals surface area contributed by atoms with Crippen molar-refractivity contribution in [2.24, 2.45) is 0 Å². The van der Waals surface area contributed by atoms with Gasteiger partial charge < -0.3 is 14.8 Å². The molecule has 0 aliphatic carbocycles. The van der Waals surface area contributed by atoms with E-state index in [1.54, 1.807) is 45.0 Å². The van der Waals surface area contributed by atoms with E-state index in [9.17, 15) is 19.2 Å². The molecule has 0 spiro atoms. The summed E-state index contributed by atoms with van der Waals surface area (Å²) in [6.45, 7) is 7.40. The molecule has 1 heterocycles. The van der Waals surface area contributed by atoms with Crippen molar-refractivity contribution >= 4 is 31.4 Å². The number of esters is 1. The van der Waals surface area contributed by atoms with Gasteiger partial charge in [0.2, 0.25) is 0 Å². The highest BCUT2D eigenvalue weighted by Gasteiger charge is 2.36. The van der Waals surface area contributed by atoms with Crippen molar-refractivity contribution < 1.29 is 28.8 Å². The third kappa shape index (κ3) is 6.39. The van der Waals surface area contributed by atoms with Crippen molar-refractivity contribution in [1.82, 2.24) is 10.3 Å². The van der Waals surface area contributed by atoms with Gasteiger partial charge in [-0.1, -0.05) is 30.3 Å². The molecule has 178 valence electrons. The zero-order valence-electron chi connectivity index (χ0n) is 19.9. The molecule has 0 fully saturated rings. The van der Waals surface area contributed by atoms with E-state index >= 15 is 0 Å². The summed E-state index contributed by atoms with van der Waals surface area (Å²) >= 11 is 0. The molecule has 2 aromatic rings. The monoisotopic (exact) mass is 464 g/mol. The Morgan fingerprint density at radius 1 is 1.12 bits per heavy atom. The predicted octanol–water partition coefficient (Wildman–Crippen LogP) is 2.50. The van der Waals surface area contributed by atoms with E-state index in [-0.39, 0.29) is 32.5 Å². The fraction of sp³-hybridized carbons (Fsp3) is 0.360. The van der Waals surface area contributed by atoms with E-state index < -0.39 is 17.4 Å². The Morgan fingerprint density at radius 2 is 1.76 bits per heavy atom. The number of carbonyl (C=O) groups is 4. The standard InChI is InChI=1S/C25H29BN2O6/c1-16-9-10-17(14-33-28-23(31)20-7-5-6-8-21(20)24(28)32)11-18(16)12-19(27-26-15-29)13-22(30)34-25(2,3)4/h5-11,15,19,26-27H,12-14H2,1-4H3/t19-/m0/s1. The summed E-state index contributed by atoms with van der Waals surface area (Å²) in [7, 11) is 0.120. The normalized spacial score (nSPS) is 14.1. The van der Waals surface area contributed by atoms with Crippen molar-refractivity contribution in [2.75, 3.05) is 0 Å². The van der Waals surface area contributed by atoms with Crippen molar-refractivity contribution in [3.63, 3.8) is 0 Å². The fourth-order valence-electron chi connectivity index (χ4n) is 3.74. The first-order valence-electron chi connectivity index (χ1n) is 11.2. The van der Waals surface area contributed by atoms with Gasteiger partial charge in [0.1, 0.15) is 12.2 Å². The van der Waals surface area contributed by atoms with Crippen LogP contribution in [0.15, 0.2) is 42.5 Å². The maximum atomic E-state index is 12.5. The molecule has 9 heteroatoms. The molecule has 0 aromatic heterocycles. The fourth-order valence-corrected chi connectivity index (χ4v) is 3.74. The molecule has 0 saturated carbocycles. The number of fused-ring (bicyclic) bond motifs is 1. The minimum absolute atomic E-state index is 0.0250. The van der Waals surface area contributed by atoms with Crippen LogP contribution in [0.4, 0.5) is 0 Å². The van der Waals surface area contributed by atoms with Crippen molar-refractivity contribution in [3.05, 3.63) is 70.3 Å². The van der Waals surface area contributed by atoms with Crippen molar-refractivity contribution in [2.45, 2.75) is 58.8 Å². The van der Waals surface area contributed by atoms with E-state index in [1.807, 2.05) is 25.1 Å². The van der Waals surface area contributed by atoms with Crippen LogP contribution in [0.2, 0.25) is 0 Å². The van der Waals surface area contributed by atoms with Crippen molar-refractivity contribution in [3.8, 4) is 0 Å². The molecule has 0 saturated heterocycles. The largest absolute Gasteiger partial charge is 0.460 e. The molecule has 2 aromatic carbocycles. The molecule has 3 rings (SSSR count). The van der Waals surface area contributed by atoms with Crippen LogP contribution in [0.5, 0.6) is 0 Å². The second kappa shape index (κ2) is 10.8. The number of amides is 2. The highest BCUT2D eigenvalue weighted by atomic mass is 16.7. The molecule has 1 atom stereocenters. The van der Waals surface area contributed by atoms with E-state index in [1.165, 1.54) is 0 Å². The van der Waals surface area contributed by atoms with Crippen LogP contribution in [0, 0.1) is 6.92 Å². The molecule has 2 amide bonds. The minimum Gasteiger partial charge on any atom is -0.460 e. The summed E-state index contributed by atoms with van der Waals surface area (Å²) in [6, 6.07) is 12.0. The van der Waals surface area contributed by atoms with Crippen LogP contribution in [-0.4, -0.2) is 48.1 Å². The predicted molar refractivity (Wildman–Crippen MR) is 128 cm³/mol. The first kappa shape index (κ1) is 25.3. The number of hydrogen-bond donors (Lipinski definition) is 1. The van der Waals surface area contributed by atoms with Gasteiger partial charge in [0.15, 0.2) is 0 Å². The van der Waals surface area contributed by atoms with Gasteiger partial charge in [-0.3, -0.25) is 19.2 Å². The molecule has 0 radical (unpaired) electrons. The van der Waals surface area contributed by atoms with E-state index in [2.05, 4.69) is 5.23 Å². The van der Waals surface area contributed by atoms with Gasteiger partial charge in [-0.25, -0.2) is 0 Å². The zero-order chi connectivity index (χ0) is 24.9. The lowest BCUT2D eigenvalue weighted by Crippen LogP contribution is -2.38. The number of nitrogens with one attached hydrogen (secondary N) is 1. The summed E-state index contributed by atoms with van der Waals surface area (Å²) < 4.78 is 5.43. The Labute approximate surface area is 199 Å². The summed E-state index contributed by atoms with van der Waals surface area (Å²) in [6.07, 6.45) is 1.35. The lowest BCUT2D eigenvalue weighted by molar-refractivity contribution is -0.155. The molecular weight excluding hydrogens is 435 g/mol. The third-order valence-corrected chi connectivity index (χ3v) is 5.32. The quantitative estimate of drug-likeness (QED) is 0.250. The average Bonchev–Trinajstić information content (AvgIpc) is 3.01. The molecule has 1 aliphatic heterocycles. The number of imide groups is 1. The van der Waals surface area contributed by atoms with Crippen LogP contribution in [-0.2, 0) is 32.2 Å². The molecule has 1 aliphatic rings. The maximum Gasteiger partial charge on any atom is 0.307 e. The zero-order valence-corrected chi connectivity index (χ0v) is 19.9. The first-order chi connectivity index (χ1) is 16.1. The van der Waals surface area contributed by atoms with Crippen LogP contribution in [0.3, 0.4) is 0 Å². The Bertz CT molecular complexity index is 1060. The second-order valence-electron chi connectivity index (χ2n) is 9.25. The molecule has 1 N–H and O–H groups in total. The van der Waals surface area contributed by atoms with Gasteiger partial charge in [0.25, 0.3) is 19.2 Å². The Morgan fingerprint density at radius 3 is 2.35 bits per heavy atom. The van der Waals surface area contributed by atoms with Gasteiger partial charge in [-0.15, -0.1) is 5.06 Å². The Balaban J connectivity index is 1.68. The topological polar surface area (TPSA) is 102 Å². The Hall–Kier alpha value is -3.30. The Kier molecular flexibility index (Phi) is 8.01. The van der Waals surface area contributed by atoms with Crippen LogP contribution >= 0.6 is 0 Å². The lowest BCUT2D eigenvalue weighted by Gasteiger charge is -2.23. The maximum absolute atomic E-state index is 12.5. The summed E-state index contributed by atoms with van der Waals surface area (Å²) in [5.41, 5.74) is 2.78. The molecule has 0 unspecified atom stereocenters. The molecular formula is C25H29BN2O6. The lowest BCUT2D eigenvalue weighted by atomic mass is 9.91. The number of hydrogen-bond acceptors (Lipinski definition) is 7. The minimum atomic E-state index is -0.594. The smallest absolute Gasteiger partial charge is 0.307 e. The van der Waals surface area contributed by atoms with Crippen LogP contribution < -0.4 is 5.23 Å². The summed E-state index contributed by atoms with van der Waals surface area (Å²) in [5.74, 6) is -1.31. The van der Waals surface area contributed by atoms with Gasteiger partial charge in [0, 0.05) is 6.04 Å². The summed E-state index contributed by atoms with van der Waals surface area (Å²) in [4.78, 5) is 53.8. The third-order valence-electron chi connectivity index (χ3n) is 5.32. The number of carbonyl (C=O) groups excluding carboxylic acids is 4. The van der Waals surface area contributed by atoms with Gasteiger partial charge in [-0.05, 0) is 62.9 Å². The summed E-state index contributed by atoms with van der Waals surface area (Å²) in [5, 5.41) is 3.87. The highest BCUT2D eigenvalue weighted by molar-refractivity contribution is 6.64. The average molecular weight is 464 g/mol. The van der Waals surface area contributed by atoms with Crippen LogP contribution in [0.1, 0.15) is 64.6 Å². The number of rotatable bonds is 10.